The molecule has 11 heteroatoms. The fourth-order valence-electron chi connectivity index (χ4n) is 4.95. The van der Waals surface area contributed by atoms with E-state index in [9.17, 15) is 23.4 Å². The van der Waals surface area contributed by atoms with Gasteiger partial charge in [-0.2, -0.15) is 4.31 Å². The third-order valence-electron chi connectivity index (χ3n) is 6.96. The molecule has 1 fully saturated rings. The van der Waals surface area contributed by atoms with Crippen molar-refractivity contribution >= 4 is 21.1 Å². The highest BCUT2D eigenvalue weighted by atomic mass is 32.2. The van der Waals surface area contributed by atoms with Crippen LogP contribution in [-0.2, 0) is 23.5 Å². The van der Waals surface area contributed by atoms with Crippen LogP contribution in [0.3, 0.4) is 0 Å². The van der Waals surface area contributed by atoms with Crippen LogP contribution in [0.4, 0.5) is 0 Å². The van der Waals surface area contributed by atoms with Gasteiger partial charge in [-0.1, -0.05) is 20.3 Å². The molecular formula is C26H36N4O6S. The smallest absolute Gasteiger partial charge is 0.275 e. The monoisotopic (exact) mass is 532 g/mol. The van der Waals surface area contributed by atoms with Crippen molar-refractivity contribution in [1.29, 1.82) is 0 Å². The first-order chi connectivity index (χ1) is 17.7. The molecule has 37 heavy (non-hydrogen) atoms. The Bertz CT molecular complexity index is 1410. The van der Waals surface area contributed by atoms with Crippen LogP contribution in [0.25, 0.3) is 22.4 Å². The molecule has 0 spiro atoms. The van der Waals surface area contributed by atoms with Crippen LogP contribution >= 0.6 is 0 Å². The lowest BCUT2D eigenvalue weighted by molar-refractivity contribution is 0.0278. The number of aryl methyl sites for hydroxylation is 2. The Morgan fingerprint density at radius 2 is 1.95 bits per heavy atom. The second-order valence-electron chi connectivity index (χ2n) is 9.62. The lowest BCUT2D eigenvalue weighted by atomic mass is 9.93. The molecule has 202 valence electrons. The molecule has 0 bridgehead atoms. The van der Waals surface area contributed by atoms with E-state index in [0.717, 1.165) is 24.8 Å². The van der Waals surface area contributed by atoms with Gasteiger partial charge in [0.1, 0.15) is 17.1 Å². The maximum atomic E-state index is 13.5. The number of benzene rings is 1. The summed E-state index contributed by atoms with van der Waals surface area (Å²) in [5.74, 6) is 0.566. The molecule has 1 aliphatic rings. The topological polar surface area (TPSA) is 138 Å². The number of fused-ring (bicyclic) bond motifs is 1. The van der Waals surface area contributed by atoms with Crippen LogP contribution in [0.2, 0.25) is 0 Å². The van der Waals surface area contributed by atoms with Crippen molar-refractivity contribution in [1.82, 2.24) is 18.8 Å². The SMILES string of the molecule is CCCOc1ccc(S(=O)(=O)N2CCC([C@H](O)CO)CC2)cc1-c1nc2c(CCC)cn(C)c2c(=O)[nH]1. The van der Waals surface area contributed by atoms with Gasteiger partial charge in [0.15, 0.2) is 0 Å². The average Bonchev–Trinajstić information content (AvgIpc) is 3.22. The molecule has 3 N–H and O–H groups in total. The highest BCUT2D eigenvalue weighted by Crippen LogP contribution is 2.33. The number of hydrogen-bond donors (Lipinski definition) is 3. The first-order valence-corrected chi connectivity index (χ1v) is 14.3. The third kappa shape index (κ3) is 5.45. The minimum atomic E-state index is -3.84. The number of piperidine rings is 1. The quantitative estimate of drug-likeness (QED) is 0.365. The normalized spacial score (nSPS) is 16.4. The Morgan fingerprint density at radius 1 is 1.22 bits per heavy atom. The van der Waals surface area contributed by atoms with E-state index in [1.165, 1.54) is 16.4 Å². The van der Waals surface area contributed by atoms with Crippen LogP contribution in [-0.4, -0.2) is 69.9 Å². The molecule has 10 nitrogen and oxygen atoms in total. The lowest BCUT2D eigenvalue weighted by Crippen LogP contribution is -2.41. The standard InChI is InChI=1S/C26H36N4O6S/c1-4-6-18-15-29(3)24-23(18)27-25(28-26(24)33)20-14-19(7-8-22(20)36-13-5-2)37(34,35)30-11-9-17(10-12-30)21(32)16-31/h7-8,14-15,17,21,31-32H,4-6,9-13,16H2,1-3H3,(H,27,28,33)/t21-/m1/s1. The molecular weight excluding hydrogens is 496 g/mol. The molecule has 2 aromatic heterocycles. The summed E-state index contributed by atoms with van der Waals surface area (Å²) in [6, 6.07) is 4.64. The van der Waals surface area contributed by atoms with E-state index in [0.29, 0.717) is 41.8 Å². The molecule has 0 amide bonds. The number of H-pyrrole nitrogens is 1. The van der Waals surface area contributed by atoms with Crippen molar-refractivity contribution in [3.05, 3.63) is 40.3 Å². The van der Waals surface area contributed by atoms with Crippen molar-refractivity contribution in [3.63, 3.8) is 0 Å². The highest BCUT2D eigenvalue weighted by molar-refractivity contribution is 7.89. The summed E-state index contributed by atoms with van der Waals surface area (Å²) >= 11 is 0. The Hall–Kier alpha value is -2.73. The predicted octanol–water partition coefficient (Wildman–Crippen LogP) is 2.42. The van der Waals surface area contributed by atoms with E-state index < -0.39 is 16.1 Å². The van der Waals surface area contributed by atoms with E-state index in [1.54, 1.807) is 10.6 Å². The van der Waals surface area contributed by atoms with Gasteiger partial charge < -0.3 is 24.5 Å². The lowest BCUT2D eigenvalue weighted by Gasteiger charge is -2.33. The molecule has 4 rings (SSSR count). The zero-order chi connectivity index (χ0) is 26.7. The number of ether oxygens (including phenoxy) is 1. The molecule has 0 aliphatic carbocycles. The summed E-state index contributed by atoms with van der Waals surface area (Å²) in [5.41, 5.74) is 2.14. The summed E-state index contributed by atoms with van der Waals surface area (Å²) in [7, 11) is -2.03. The molecule has 3 aromatic rings. The van der Waals surface area contributed by atoms with Gasteiger partial charge in [-0.25, -0.2) is 13.4 Å². The Balaban J connectivity index is 1.76. The Kier molecular flexibility index (Phi) is 8.37. The number of hydrogen-bond acceptors (Lipinski definition) is 7. The summed E-state index contributed by atoms with van der Waals surface area (Å²) in [6.45, 7) is 4.63. The van der Waals surface area contributed by atoms with Crippen molar-refractivity contribution < 1.29 is 23.4 Å². The summed E-state index contributed by atoms with van der Waals surface area (Å²) < 4.78 is 36.2. The molecule has 0 unspecified atom stereocenters. The van der Waals surface area contributed by atoms with Gasteiger partial charge in [-0.05, 0) is 55.4 Å². The number of aliphatic hydroxyl groups is 2. The molecule has 0 saturated carbocycles. The summed E-state index contributed by atoms with van der Waals surface area (Å²) in [4.78, 5) is 20.7. The number of aromatic nitrogens is 3. The second kappa shape index (κ2) is 11.3. The van der Waals surface area contributed by atoms with Gasteiger partial charge in [0.2, 0.25) is 10.0 Å². The summed E-state index contributed by atoms with van der Waals surface area (Å²) in [5, 5.41) is 19.2. The fraction of sp³-hybridized carbons (Fsp3) is 0.538. The zero-order valence-electron chi connectivity index (χ0n) is 21.6. The third-order valence-corrected chi connectivity index (χ3v) is 8.85. The number of nitrogens with zero attached hydrogens (tertiary/aromatic N) is 3. The number of nitrogens with one attached hydrogen (secondary N) is 1. The molecule has 1 aromatic carbocycles. The van der Waals surface area contributed by atoms with Gasteiger partial charge in [-0.3, -0.25) is 4.79 Å². The van der Waals surface area contributed by atoms with Crippen molar-refractivity contribution in [2.75, 3.05) is 26.3 Å². The van der Waals surface area contributed by atoms with Crippen LogP contribution in [0.1, 0.15) is 45.1 Å². The van der Waals surface area contributed by atoms with Gasteiger partial charge in [-0.15, -0.1) is 0 Å². The molecule has 1 atom stereocenters. The predicted molar refractivity (Wildman–Crippen MR) is 141 cm³/mol. The average molecular weight is 533 g/mol. The highest BCUT2D eigenvalue weighted by Gasteiger charge is 2.32. The molecule has 3 heterocycles. The molecule has 1 aliphatic heterocycles. The van der Waals surface area contributed by atoms with Gasteiger partial charge in [0, 0.05) is 26.3 Å². The van der Waals surface area contributed by atoms with E-state index in [2.05, 4.69) is 11.9 Å². The second-order valence-corrected chi connectivity index (χ2v) is 11.6. The van der Waals surface area contributed by atoms with Crippen molar-refractivity contribution in [2.45, 2.75) is 57.0 Å². The van der Waals surface area contributed by atoms with Crippen LogP contribution in [0.5, 0.6) is 5.75 Å². The minimum Gasteiger partial charge on any atom is -0.493 e. The maximum Gasteiger partial charge on any atom is 0.275 e. The Labute approximate surface area is 217 Å². The number of sulfonamides is 1. The van der Waals surface area contributed by atoms with Crippen LogP contribution < -0.4 is 10.3 Å². The zero-order valence-corrected chi connectivity index (χ0v) is 22.4. The number of aromatic amines is 1. The van der Waals surface area contributed by atoms with Crippen molar-refractivity contribution in [2.24, 2.45) is 13.0 Å². The number of rotatable bonds is 10. The summed E-state index contributed by atoms with van der Waals surface area (Å²) in [6.07, 6.45) is 4.41. The minimum absolute atomic E-state index is 0.0806. The van der Waals surface area contributed by atoms with Crippen LogP contribution in [0.15, 0.2) is 34.1 Å². The first-order valence-electron chi connectivity index (χ1n) is 12.9. The van der Waals surface area contributed by atoms with E-state index in [1.807, 2.05) is 20.2 Å². The molecule has 0 radical (unpaired) electrons. The maximum absolute atomic E-state index is 13.5. The van der Waals surface area contributed by atoms with Crippen molar-refractivity contribution in [3.8, 4) is 17.1 Å². The molecule has 1 saturated heterocycles. The van der Waals surface area contributed by atoms with E-state index in [-0.39, 0.29) is 41.9 Å². The number of aliphatic hydroxyl groups excluding tert-OH is 2. The van der Waals surface area contributed by atoms with Gasteiger partial charge in [0.05, 0.1) is 35.3 Å². The Morgan fingerprint density at radius 3 is 2.59 bits per heavy atom. The van der Waals surface area contributed by atoms with Gasteiger partial charge >= 0.3 is 0 Å². The fourth-order valence-corrected chi connectivity index (χ4v) is 6.45. The van der Waals surface area contributed by atoms with E-state index >= 15 is 0 Å². The van der Waals surface area contributed by atoms with Gasteiger partial charge in [0.25, 0.3) is 5.56 Å². The van der Waals surface area contributed by atoms with E-state index in [4.69, 9.17) is 9.72 Å². The largest absolute Gasteiger partial charge is 0.493 e. The van der Waals surface area contributed by atoms with Crippen LogP contribution in [0, 0.1) is 5.92 Å². The first kappa shape index (κ1) is 27.3.